The summed E-state index contributed by atoms with van der Waals surface area (Å²) >= 11 is 1.37. The van der Waals surface area contributed by atoms with E-state index < -0.39 is 18.4 Å². The molecule has 0 spiro atoms. The van der Waals surface area contributed by atoms with Crippen LogP contribution in [0.1, 0.15) is 21.1 Å². The summed E-state index contributed by atoms with van der Waals surface area (Å²) in [5.74, 6) is -0.779. The highest BCUT2D eigenvalue weighted by molar-refractivity contribution is 7.09. The Morgan fingerprint density at radius 2 is 2.05 bits per heavy atom. The number of amides is 1. The molecule has 2 N–H and O–H groups in total. The van der Waals surface area contributed by atoms with Gasteiger partial charge in [-0.15, -0.1) is 11.3 Å². The van der Waals surface area contributed by atoms with Crippen LogP contribution in [0.25, 0.3) is 0 Å². The Morgan fingerprint density at radius 1 is 1.33 bits per heavy atom. The number of aliphatic carboxylic acids is 1. The lowest BCUT2D eigenvalue weighted by Gasteiger charge is -2.01. The second-order valence-corrected chi connectivity index (χ2v) is 5.17. The zero-order valence-electron chi connectivity index (χ0n) is 11.3. The number of hydrogen-bond acceptors (Lipinski definition) is 5. The van der Waals surface area contributed by atoms with Crippen molar-refractivity contribution in [2.24, 2.45) is 0 Å². The Labute approximate surface area is 125 Å². The maximum Gasteiger partial charge on any atom is 0.322 e. The second kappa shape index (κ2) is 6.85. The molecule has 6 nitrogen and oxygen atoms in total. The van der Waals surface area contributed by atoms with Gasteiger partial charge in [-0.25, -0.2) is 4.98 Å². The summed E-state index contributed by atoms with van der Waals surface area (Å²) in [5.41, 5.74) is 1.30. The van der Waals surface area contributed by atoms with Crippen molar-refractivity contribution in [1.29, 1.82) is 0 Å². The average molecular weight is 306 g/mol. The van der Waals surface area contributed by atoms with Gasteiger partial charge in [-0.05, 0) is 17.7 Å². The second-order valence-electron chi connectivity index (χ2n) is 4.23. The molecule has 1 amide bonds. The lowest BCUT2D eigenvalue weighted by atomic mass is 10.1. The quantitative estimate of drug-likeness (QED) is 0.845. The van der Waals surface area contributed by atoms with E-state index in [0.29, 0.717) is 6.42 Å². The molecule has 0 saturated heterocycles. The smallest absolute Gasteiger partial charge is 0.322 e. The van der Waals surface area contributed by atoms with Crippen LogP contribution in [0.2, 0.25) is 0 Å². The van der Waals surface area contributed by atoms with Crippen molar-refractivity contribution < 1.29 is 19.4 Å². The summed E-state index contributed by atoms with van der Waals surface area (Å²) < 4.78 is 5.09. The van der Waals surface area contributed by atoms with Crippen LogP contribution in [0, 0.1) is 0 Å². The van der Waals surface area contributed by atoms with Crippen molar-refractivity contribution in [3.05, 3.63) is 45.9 Å². The minimum atomic E-state index is -1.09. The van der Waals surface area contributed by atoms with Crippen LogP contribution in [-0.4, -0.2) is 35.6 Å². The summed E-state index contributed by atoms with van der Waals surface area (Å²) in [7, 11) is 1.61. The lowest BCUT2D eigenvalue weighted by molar-refractivity contribution is -0.135. The Kier molecular flexibility index (Phi) is 4.89. The first-order valence-electron chi connectivity index (χ1n) is 6.16. The number of ether oxygens (including phenoxy) is 1. The Balaban J connectivity index is 1.98. The first-order chi connectivity index (χ1) is 10.1. The molecule has 0 aliphatic rings. The maximum absolute atomic E-state index is 11.7. The zero-order chi connectivity index (χ0) is 15.2. The number of nitrogens with one attached hydrogen (secondary N) is 1. The highest BCUT2D eigenvalue weighted by Crippen LogP contribution is 2.17. The van der Waals surface area contributed by atoms with Gasteiger partial charge in [0, 0.05) is 11.8 Å². The number of thiazole rings is 1. The fraction of sp³-hybridized carbons (Fsp3) is 0.214. The van der Waals surface area contributed by atoms with E-state index in [1.54, 1.807) is 12.5 Å². The summed E-state index contributed by atoms with van der Waals surface area (Å²) in [6, 6.07) is 7.60. The van der Waals surface area contributed by atoms with Crippen LogP contribution in [0.5, 0.6) is 5.75 Å². The summed E-state index contributed by atoms with van der Waals surface area (Å²) in [6.07, 6.45) is 0.612. The van der Waals surface area contributed by atoms with Crippen LogP contribution in [0.4, 0.5) is 0 Å². The number of carboxylic acid groups (broad SMARTS) is 1. The number of carbonyl (C=O) groups is 2. The number of benzene rings is 1. The van der Waals surface area contributed by atoms with Gasteiger partial charge in [0.1, 0.15) is 18.0 Å². The van der Waals surface area contributed by atoms with E-state index in [4.69, 9.17) is 9.84 Å². The van der Waals surface area contributed by atoms with Crippen molar-refractivity contribution in [2.45, 2.75) is 6.42 Å². The molecule has 0 saturated carbocycles. The maximum atomic E-state index is 11.7. The van der Waals surface area contributed by atoms with Gasteiger partial charge < -0.3 is 15.2 Å². The molecular weight excluding hydrogens is 292 g/mol. The zero-order valence-corrected chi connectivity index (χ0v) is 12.1. The highest BCUT2D eigenvalue weighted by atomic mass is 32.1. The van der Waals surface area contributed by atoms with E-state index in [1.807, 2.05) is 24.3 Å². The molecule has 0 atom stereocenters. The number of hydrogen-bond donors (Lipinski definition) is 2. The molecule has 1 aromatic carbocycles. The topological polar surface area (TPSA) is 88.5 Å². The normalized spacial score (nSPS) is 10.1. The number of rotatable bonds is 6. The SMILES string of the molecule is COc1ccc(Cc2nc(C(=O)NCC(=O)O)cs2)cc1. The minimum Gasteiger partial charge on any atom is -0.497 e. The molecule has 21 heavy (non-hydrogen) atoms. The van der Waals surface area contributed by atoms with Crippen LogP contribution in [0.15, 0.2) is 29.6 Å². The van der Waals surface area contributed by atoms with Gasteiger partial charge in [0.05, 0.1) is 12.1 Å². The third-order valence-electron chi connectivity index (χ3n) is 2.70. The lowest BCUT2D eigenvalue weighted by Crippen LogP contribution is -2.29. The molecule has 0 aliphatic carbocycles. The predicted molar refractivity (Wildman–Crippen MR) is 77.9 cm³/mol. The van der Waals surface area contributed by atoms with Gasteiger partial charge in [0.25, 0.3) is 5.91 Å². The van der Waals surface area contributed by atoms with Crippen molar-refractivity contribution in [3.8, 4) is 5.75 Å². The molecule has 1 heterocycles. The van der Waals surface area contributed by atoms with Crippen molar-refractivity contribution >= 4 is 23.2 Å². The molecular formula is C14H14N2O4S. The largest absolute Gasteiger partial charge is 0.497 e. The third kappa shape index (κ3) is 4.28. The standard InChI is InChI=1S/C14H14N2O4S/c1-20-10-4-2-9(3-5-10)6-12-16-11(8-21-12)14(19)15-7-13(17)18/h2-5,8H,6-7H2,1H3,(H,15,19)(H,17,18). The molecule has 2 aromatic rings. The molecule has 0 bridgehead atoms. The molecule has 1 aromatic heterocycles. The first kappa shape index (κ1) is 15.0. The number of nitrogens with zero attached hydrogens (tertiary/aromatic N) is 1. The van der Waals surface area contributed by atoms with E-state index in [9.17, 15) is 9.59 Å². The van der Waals surface area contributed by atoms with Crippen molar-refractivity contribution in [2.75, 3.05) is 13.7 Å². The van der Waals surface area contributed by atoms with Gasteiger partial charge >= 0.3 is 5.97 Å². The highest BCUT2D eigenvalue weighted by Gasteiger charge is 2.11. The van der Waals surface area contributed by atoms with Crippen molar-refractivity contribution in [1.82, 2.24) is 10.3 Å². The predicted octanol–water partition coefficient (Wildman–Crippen LogP) is 1.56. The van der Waals surface area contributed by atoms with E-state index in [1.165, 1.54) is 11.3 Å². The van der Waals surface area contributed by atoms with Gasteiger partial charge in [-0.1, -0.05) is 12.1 Å². The van der Waals surface area contributed by atoms with Crippen LogP contribution < -0.4 is 10.1 Å². The summed E-state index contributed by atoms with van der Waals surface area (Å²) in [4.78, 5) is 26.3. The Bertz CT molecular complexity index is 637. The number of aromatic nitrogens is 1. The molecule has 0 unspecified atom stereocenters. The van der Waals surface area contributed by atoms with Crippen LogP contribution in [0.3, 0.4) is 0 Å². The summed E-state index contributed by atoms with van der Waals surface area (Å²) in [5, 5.41) is 13.2. The van der Waals surface area contributed by atoms with Gasteiger partial charge in [0.2, 0.25) is 0 Å². The van der Waals surface area contributed by atoms with Gasteiger partial charge in [-0.3, -0.25) is 9.59 Å². The number of methoxy groups -OCH3 is 1. The Morgan fingerprint density at radius 3 is 2.67 bits per heavy atom. The Hall–Kier alpha value is -2.41. The van der Waals surface area contributed by atoms with Gasteiger partial charge in [-0.2, -0.15) is 0 Å². The average Bonchev–Trinajstić information content (AvgIpc) is 2.94. The molecule has 0 aliphatic heterocycles. The third-order valence-corrected chi connectivity index (χ3v) is 3.55. The molecule has 7 heteroatoms. The fourth-order valence-corrected chi connectivity index (χ4v) is 2.47. The number of carboxylic acids is 1. The van der Waals surface area contributed by atoms with E-state index in [0.717, 1.165) is 16.3 Å². The van der Waals surface area contributed by atoms with Crippen LogP contribution in [-0.2, 0) is 11.2 Å². The van der Waals surface area contributed by atoms with E-state index in [2.05, 4.69) is 10.3 Å². The monoisotopic (exact) mass is 306 g/mol. The minimum absolute atomic E-state index is 0.241. The fourth-order valence-electron chi connectivity index (χ4n) is 1.66. The van der Waals surface area contributed by atoms with Gasteiger partial charge in [0.15, 0.2) is 0 Å². The molecule has 0 radical (unpaired) electrons. The molecule has 110 valence electrons. The molecule has 0 fully saturated rings. The van der Waals surface area contributed by atoms with Crippen molar-refractivity contribution in [3.63, 3.8) is 0 Å². The van der Waals surface area contributed by atoms with E-state index >= 15 is 0 Å². The van der Waals surface area contributed by atoms with E-state index in [-0.39, 0.29) is 5.69 Å². The number of carbonyl (C=O) groups excluding carboxylic acids is 1. The molecule has 2 rings (SSSR count). The summed E-state index contributed by atoms with van der Waals surface area (Å²) in [6.45, 7) is -0.413. The van der Waals surface area contributed by atoms with Crippen LogP contribution >= 0.6 is 11.3 Å². The first-order valence-corrected chi connectivity index (χ1v) is 7.04.